The van der Waals surface area contributed by atoms with Gasteiger partial charge in [-0.3, -0.25) is 0 Å². The van der Waals surface area contributed by atoms with Crippen molar-refractivity contribution in [3.63, 3.8) is 0 Å². The largest absolute Gasteiger partial charge is 0.365 e. The third-order valence-electron chi connectivity index (χ3n) is 3.19. The SMILES string of the molecule is CN(C)Cc1cccc(CNc2ncnc3ccsc23)c1. The van der Waals surface area contributed by atoms with Crippen LogP contribution in [-0.2, 0) is 13.1 Å². The molecule has 1 N–H and O–H groups in total. The predicted molar refractivity (Wildman–Crippen MR) is 88.6 cm³/mol. The molecule has 4 nitrogen and oxygen atoms in total. The molecule has 0 atom stereocenters. The van der Waals surface area contributed by atoms with Gasteiger partial charge < -0.3 is 10.2 Å². The van der Waals surface area contributed by atoms with Gasteiger partial charge in [0, 0.05) is 13.1 Å². The first-order valence-electron chi connectivity index (χ1n) is 6.87. The van der Waals surface area contributed by atoms with Gasteiger partial charge in [0.1, 0.15) is 12.1 Å². The standard InChI is InChI=1S/C16H18N4S/c1-20(2)10-13-5-3-4-12(8-13)9-17-16-15-14(6-7-21-15)18-11-19-16/h3-8,11H,9-10H2,1-2H3,(H,17,18,19). The van der Waals surface area contributed by atoms with E-state index < -0.39 is 0 Å². The summed E-state index contributed by atoms with van der Waals surface area (Å²) in [7, 11) is 4.17. The fraction of sp³-hybridized carbons (Fsp3) is 0.250. The van der Waals surface area contributed by atoms with Crippen LogP contribution in [0, 0.1) is 0 Å². The zero-order valence-corrected chi connectivity index (χ0v) is 13.0. The Hall–Kier alpha value is -1.98. The second-order valence-electron chi connectivity index (χ2n) is 5.27. The molecule has 0 spiro atoms. The van der Waals surface area contributed by atoms with Crippen LogP contribution in [0.1, 0.15) is 11.1 Å². The van der Waals surface area contributed by atoms with Gasteiger partial charge >= 0.3 is 0 Å². The zero-order chi connectivity index (χ0) is 14.7. The zero-order valence-electron chi connectivity index (χ0n) is 12.2. The Kier molecular flexibility index (Phi) is 4.13. The Bertz CT molecular complexity index is 736. The minimum absolute atomic E-state index is 0.769. The van der Waals surface area contributed by atoms with Gasteiger partial charge in [0.15, 0.2) is 0 Å². The summed E-state index contributed by atoms with van der Waals surface area (Å²) in [6.07, 6.45) is 1.61. The van der Waals surface area contributed by atoms with Crippen LogP contribution in [0.15, 0.2) is 42.0 Å². The highest BCUT2D eigenvalue weighted by Crippen LogP contribution is 2.25. The average molecular weight is 298 g/mol. The molecule has 0 saturated heterocycles. The number of rotatable bonds is 5. The Morgan fingerprint density at radius 1 is 1.14 bits per heavy atom. The Morgan fingerprint density at radius 2 is 2.00 bits per heavy atom. The average Bonchev–Trinajstić information content (AvgIpc) is 2.93. The van der Waals surface area contributed by atoms with Gasteiger partial charge in [-0.2, -0.15) is 0 Å². The normalized spacial score (nSPS) is 11.2. The van der Waals surface area contributed by atoms with E-state index in [1.165, 1.54) is 11.1 Å². The fourth-order valence-corrected chi connectivity index (χ4v) is 3.11. The number of nitrogens with one attached hydrogen (secondary N) is 1. The number of nitrogens with zero attached hydrogens (tertiary/aromatic N) is 3. The first-order valence-corrected chi connectivity index (χ1v) is 7.75. The highest BCUT2D eigenvalue weighted by atomic mass is 32.1. The quantitative estimate of drug-likeness (QED) is 0.784. The number of hydrogen-bond acceptors (Lipinski definition) is 5. The van der Waals surface area contributed by atoms with E-state index in [0.29, 0.717) is 0 Å². The van der Waals surface area contributed by atoms with Crippen molar-refractivity contribution in [3.05, 3.63) is 53.2 Å². The molecule has 2 heterocycles. The van der Waals surface area contributed by atoms with Gasteiger partial charge in [-0.1, -0.05) is 24.3 Å². The lowest BCUT2D eigenvalue weighted by molar-refractivity contribution is 0.402. The van der Waals surface area contributed by atoms with E-state index in [0.717, 1.165) is 29.1 Å². The molecule has 0 unspecified atom stereocenters. The van der Waals surface area contributed by atoms with E-state index >= 15 is 0 Å². The lowest BCUT2D eigenvalue weighted by Crippen LogP contribution is -2.11. The van der Waals surface area contributed by atoms with E-state index in [4.69, 9.17) is 0 Å². The third kappa shape index (κ3) is 3.37. The van der Waals surface area contributed by atoms with Gasteiger partial charge in [-0.05, 0) is 36.7 Å². The summed E-state index contributed by atoms with van der Waals surface area (Å²) in [4.78, 5) is 10.8. The van der Waals surface area contributed by atoms with Crippen LogP contribution in [0.25, 0.3) is 10.2 Å². The van der Waals surface area contributed by atoms with Crippen LogP contribution in [0.3, 0.4) is 0 Å². The summed E-state index contributed by atoms with van der Waals surface area (Å²) in [5, 5.41) is 5.46. The molecule has 3 rings (SSSR count). The fourth-order valence-electron chi connectivity index (χ4n) is 2.30. The summed E-state index contributed by atoms with van der Waals surface area (Å²) in [5.41, 5.74) is 3.58. The van der Waals surface area contributed by atoms with Gasteiger partial charge in [-0.15, -0.1) is 11.3 Å². The van der Waals surface area contributed by atoms with Crippen LogP contribution >= 0.6 is 11.3 Å². The number of hydrogen-bond donors (Lipinski definition) is 1. The molecule has 108 valence electrons. The van der Waals surface area contributed by atoms with Crippen molar-refractivity contribution < 1.29 is 0 Å². The lowest BCUT2D eigenvalue weighted by atomic mass is 10.1. The van der Waals surface area contributed by atoms with Crippen LogP contribution in [0.2, 0.25) is 0 Å². The summed E-state index contributed by atoms with van der Waals surface area (Å²) < 4.78 is 1.11. The summed E-state index contributed by atoms with van der Waals surface area (Å²) in [6.45, 7) is 1.72. The Balaban J connectivity index is 1.74. The highest BCUT2D eigenvalue weighted by molar-refractivity contribution is 7.17. The maximum atomic E-state index is 4.34. The monoisotopic (exact) mass is 298 g/mol. The topological polar surface area (TPSA) is 41.0 Å². The van der Waals surface area contributed by atoms with Gasteiger partial charge in [0.2, 0.25) is 0 Å². The van der Waals surface area contributed by atoms with Crippen LogP contribution in [-0.4, -0.2) is 29.0 Å². The van der Waals surface area contributed by atoms with Crippen molar-refractivity contribution in [1.29, 1.82) is 0 Å². The molecule has 0 radical (unpaired) electrons. The Morgan fingerprint density at radius 3 is 2.86 bits per heavy atom. The van der Waals surface area contributed by atoms with Crippen molar-refractivity contribution >= 4 is 27.4 Å². The van der Waals surface area contributed by atoms with E-state index in [2.05, 4.69) is 58.5 Å². The second kappa shape index (κ2) is 6.20. The summed E-state index contributed by atoms with van der Waals surface area (Å²) in [5.74, 6) is 0.910. The van der Waals surface area contributed by atoms with Crippen molar-refractivity contribution in [1.82, 2.24) is 14.9 Å². The van der Waals surface area contributed by atoms with E-state index in [1.54, 1.807) is 17.7 Å². The van der Waals surface area contributed by atoms with E-state index in [1.807, 2.05) is 11.4 Å². The molecule has 0 fully saturated rings. The number of thiophene rings is 1. The lowest BCUT2D eigenvalue weighted by Gasteiger charge is -2.11. The number of benzene rings is 1. The molecule has 0 amide bonds. The molecule has 0 bridgehead atoms. The Labute approximate surface area is 128 Å². The number of fused-ring (bicyclic) bond motifs is 1. The summed E-state index contributed by atoms with van der Waals surface area (Å²) >= 11 is 1.67. The maximum absolute atomic E-state index is 4.34. The van der Waals surface area contributed by atoms with Gasteiger partial charge in [0.05, 0.1) is 10.2 Å². The van der Waals surface area contributed by atoms with Gasteiger partial charge in [0.25, 0.3) is 0 Å². The maximum Gasteiger partial charge on any atom is 0.147 e. The molecule has 21 heavy (non-hydrogen) atoms. The van der Waals surface area contributed by atoms with E-state index in [-0.39, 0.29) is 0 Å². The molecule has 5 heteroatoms. The molecule has 0 aliphatic rings. The third-order valence-corrected chi connectivity index (χ3v) is 4.10. The van der Waals surface area contributed by atoms with Crippen molar-refractivity contribution in [3.8, 4) is 0 Å². The van der Waals surface area contributed by atoms with Gasteiger partial charge in [-0.25, -0.2) is 9.97 Å². The van der Waals surface area contributed by atoms with Crippen LogP contribution in [0.5, 0.6) is 0 Å². The molecule has 1 aromatic carbocycles. The molecule has 0 aliphatic heterocycles. The van der Waals surface area contributed by atoms with Crippen LogP contribution in [0.4, 0.5) is 5.82 Å². The smallest absolute Gasteiger partial charge is 0.147 e. The first kappa shape index (κ1) is 14.0. The highest BCUT2D eigenvalue weighted by Gasteiger charge is 2.05. The van der Waals surface area contributed by atoms with Crippen molar-refractivity contribution in [2.24, 2.45) is 0 Å². The van der Waals surface area contributed by atoms with Crippen molar-refractivity contribution in [2.75, 3.05) is 19.4 Å². The molecule has 2 aromatic heterocycles. The molecular weight excluding hydrogens is 280 g/mol. The molecular formula is C16H18N4S. The first-order chi connectivity index (χ1) is 10.2. The second-order valence-corrected chi connectivity index (χ2v) is 6.18. The molecule has 3 aromatic rings. The predicted octanol–water partition coefficient (Wildman–Crippen LogP) is 3.37. The summed E-state index contributed by atoms with van der Waals surface area (Å²) in [6, 6.07) is 10.7. The van der Waals surface area contributed by atoms with Crippen molar-refractivity contribution in [2.45, 2.75) is 13.1 Å². The number of aromatic nitrogens is 2. The van der Waals surface area contributed by atoms with Crippen LogP contribution < -0.4 is 5.32 Å². The molecule has 0 aliphatic carbocycles. The minimum atomic E-state index is 0.769. The number of anilines is 1. The van der Waals surface area contributed by atoms with E-state index in [9.17, 15) is 0 Å². The molecule has 0 saturated carbocycles. The minimum Gasteiger partial charge on any atom is -0.365 e.